The lowest BCUT2D eigenvalue weighted by Crippen LogP contribution is -2.21. The van der Waals surface area contributed by atoms with E-state index in [4.69, 9.17) is 16.3 Å². The molecule has 3 rings (SSSR count). The van der Waals surface area contributed by atoms with E-state index in [-0.39, 0.29) is 5.88 Å². The average Bonchev–Trinajstić information content (AvgIpc) is 2.96. The summed E-state index contributed by atoms with van der Waals surface area (Å²) < 4.78 is 32.2. The molecular weight excluding hydrogens is 364 g/mol. The zero-order valence-electron chi connectivity index (χ0n) is 14.1. The Kier molecular flexibility index (Phi) is 5.03. The Labute approximate surface area is 153 Å². The van der Waals surface area contributed by atoms with Crippen LogP contribution in [0.25, 0.3) is 11.4 Å². The molecule has 9 heteroatoms. The van der Waals surface area contributed by atoms with Gasteiger partial charge in [0, 0.05) is 42.5 Å². The number of nitrogens with zero attached hydrogens (tertiary/aromatic N) is 4. The van der Waals surface area contributed by atoms with Crippen molar-refractivity contribution in [2.24, 2.45) is 7.05 Å². The maximum Gasteiger partial charge on any atom is 0.278 e. The molecule has 2 aromatic heterocycles. The van der Waals surface area contributed by atoms with Crippen LogP contribution in [0.5, 0.6) is 5.88 Å². The molecule has 0 atom stereocenters. The van der Waals surface area contributed by atoms with Crippen LogP contribution in [0, 0.1) is 0 Å². The lowest BCUT2D eigenvalue weighted by atomic mass is 10.3. The van der Waals surface area contributed by atoms with Crippen LogP contribution in [-0.2, 0) is 7.05 Å². The van der Waals surface area contributed by atoms with Gasteiger partial charge in [-0.25, -0.2) is 18.4 Å². The minimum Gasteiger partial charge on any atom is -0.471 e. The molecule has 0 fully saturated rings. The second-order valence-electron chi connectivity index (χ2n) is 5.76. The highest BCUT2D eigenvalue weighted by Crippen LogP contribution is 2.22. The molecule has 0 amide bonds. The maximum atomic E-state index is 12.8. The van der Waals surface area contributed by atoms with Gasteiger partial charge in [0.2, 0.25) is 11.8 Å². The first-order chi connectivity index (χ1) is 12.3. The monoisotopic (exact) mass is 379 g/mol. The fourth-order valence-corrected chi connectivity index (χ4v) is 2.20. The Balaban J connectivity index is 1.72. The summed E-state index contributed by atoms with van der Waals surface area (Å²) in [6, 6.07) is 10.4. The van der Waals surface area contributed by atoms with Crippen molar-refractivity contribution in [2.75, 3.05) is 11.9 Å². The lowest BCUT2D eigenvalue weighted by molar-refractivity contribution is -0.0242. The smallest absolute Gasteiger partial charge is 0.278 e. The number of anilines is 2. The normalized spacial score (nSPS) is 11.4. The zero-order chi connectivity index (χ0) is 18.7. The molecule has 6 nitrogen and oxygen atoms in total. The van der Waals surface area contributed by atoms with Gasteiger partial charge < -0.3 is 10.1 Å². The topological polar surface area (TPSA) is 64.9 Å². The summed E-state index contributed by atoms with van der Waals surface area (Å²) in [4.78, 5) is 8.43. The van der Waals surface area contributed by atoms with Crippen molar-refractivity contribution in [3.8, 4) is 17.3 Å². The van der Waals surface area contributed by atoms with Crippen LogP contribution < -0.4 is 10.1 Å². The molecule has 1 N–H and O–H groups in total. The van der Waals surface area contributed by atoms with Gasteiger partial charge in [-0.05, 0) is 30.3 Å². The fraction of sp³-hybridized carbons (Fsp3) is 0.235. The van der Waals surface area contributed by atoms with Crippen molar-refractivity contribution in [2.45, 2.75) is 12.8 Å². The summed E-state index contributed by atoms with van der Waals surface area (Å²) in [6.45, 7) is 0.0603. The van der Waals surface area contributed by atoms with E-state index in [1.807, 2.05) is 12.1 Å². The van der Waals surface area contributed by atoms with Gasteiger partial charge in [-0.1, -0.05) is 11.6 Å². The van der Waals surface area contributed by atoms with E-state index in [1.54, 1.807) is 29.9 Å². The standard InChI is InChI=1S/C17H16ClF2N5O/c1-17(19,20)10-26-14-8-3-11(9-21-14)15-23-16(25(2)24-15)22-13-6-4-12(18)5-7-13/h3-9H,10H2,1-2H3,(H,22,23,24). The van der Waals surface area contributed by atoms with Crippen LogP contribution in [0.4, 0.5) is 20.4 Å². The fourth-order valence-electron chi connectivity index (χ4n) is 2.08. The van der Waals surface area contributed by atoms with Gasteiger partial charge in [0.25, 0.3) is 5.92 Å². The molecule has 0 aliphatic heterocycles. The van der Waals surface area contributed by atoms with Crippen LogP contribution in [0.1, 0.15) is 6.92 Å². The highest BCUT2D eigenvalue weighted by Gasteiger charge is 2.22. The van der Waals surface area contributed by atoms with Gasteiger partial charge in [-0.3, -0.25) is 0 Å². The number of nitrogens with one attached hydrogen (secondary N) is 1. The van der Waals surface area contributed by atoms with Crippen molar-refractivity contribution in [3.63, 3.8) is 0 Å². The summed E-state index contributed by atoms with van der Waals surface area (Å²) in [5.74, 6) is -1.81. The van der Waals surface area contributed by atoms with Crippen LogP contribution in [0.3, 0.4) is 0 Å². The largest absolute Gasteiger partial charge is 0.471 e. The predicted molar refractivity (Wildman–Crippen MR) is 95.1 cm³/mol. The molecule has 2 heterocycles. The molecule has 0 aliphatic carbocycles. The van der Waals surface area contributed by atoms with E-state index >= 15 is 0 Å². The van der Waals surface area contributed by atoms with E-state index in [0.29, 0.717) is 22.4 Å². The molecule has 0 aliphatic rings. The minimum atomic E-state index is -2.91. The number of ether oxygens (including phenoxy) is 1. The Hall–Kier alpha value is -2.74. The Morgan fingerprint density at radius 1 is 1.19 bits per heavy atom. The first-order valence-corrected chi connectivity index (χ1v) is 8.09. The Morgan fingerprint density at radius 2 is 1.92 bits per heavy atom. The van der Waals surface area contributed by atoms with Crippen molar-refractivity contribution in [3.05, 3.63) is 47.6 Å². The van der Waals surface area contributed by atoms with Crippen molar-refractivity contribution in [1.29, 1.82) is 0 Å². The highest BCUT2D eigenvalue weighted by atomic mass is 35.5. The quantitative estimate of drug-likeness (QED) is 0.691. The summed E-state index contributed by atoms with van der Waals surface area (Å²) in [5.41, 5.74) is 1.46. The van der Waals surface area contributed by atoms with Gasteiger partial charge >= 0.3 is 0 Å². The maximum absolute atomic E-state index is 12.8. The number of pyridine rings is 1. The van der Waals surface area contributed by atoms with Gasteiger partial charge in [0.1, 0.15) is 0 Å². The van der Waals surface area contributed by atoms with E-state index in [2.05, 4.69) is 20.4 Å². The molecule has 0 unspecified atom stereocenters. The third kappa shape index (κ3) is 4.66. The molecule has 0 saturated heterocycles. The van der Waals surface area contributed by atoms with Crippen molar-refractivity contribution in [1.82, 2.24) is 19.7 Å². The number of hydrogen-bond donors (Lipinski definition) is 1. The summed E-state index contributed by atoms with van der Waals surface area (Å²) in [7, 11) is 1.75. The average molecular weight is 380 g/mol. The van der Waals surface area contributed by atoms with Gasteiger partial charge in [-0.15, -0.1) is 5.10 Å². The number of benzene rings is 1. The number of halogens is 3. The summed E-state index contributed by atoms with van der Waals surface area (Å²) in [5, 5.41) is 8.11. The van der Waals surface area contributed by atoms with E-state index in [1.165, 1.54) is 12.3 Å². The van der Waals surface area contributed by atoms with Crippen LogP contribution in [-0.4, -0.2) is 32.3 Å². The molecule has 136 valence electrons. The van der Waals surface area contributed by atoms with E-state index in [9.17, 15) is 8.78 Å². The minimum absolute atomic E-state index is 0.116. The Morgan fingerprint density at radius 3 is 2.54 bits per heavy atom. The predicted octanol–water partition coefficient (Wildman–Crippen LogP) is 4.31. The SMILES string of the molecule is Cn1nc(-c2ccc(OCC(C)(F)F)nc2)nc1Nc1ccc(Cl)cc1. The molecule has 1 aromatic carbocycles. The summed E-state index contributed by atoms with van der Waals surface area (Å²) in [6.07, 6.45) is 1.48. The first-order valence-electron chi connectivity index (χ1n) is 7.71. The number of rotatable bonds is 6. The number of alkyl halides is 2. The number of hydrogen-bond acceptors (Lipinski definition) is 5. The van der Waals surface area contributed by atoms with Gasteiger partial charge in [-0.2, -0.15) is 4.98 Å². The van der Waals surface area contributed by atoms with Crippen molar-refractivity contribution >= 4 is 23.2 Å². The van der Waals surface area contributed by atoms with Crippen LogP contribution >= 0.6 is 11.6 Å². The lowest BCUT2D eigenvalue weighted by Gasteiger charge is -2.10. The van der Waals surface area contributed by atoms with E-state index in [0.717, 1.165) is 12.6 Å². The third-order valence-electron chi connectivity index (χ3n) is 3.33. The zero-order valence-corrected chi connectivity index (χ0v) is 14.8. The molecule has 26 heavy (non-hydrogen) atoms. The van der Waals surface area contributed by atoms with Crippen LogP contribution in [0.15, 0.2) is 42.6 Å². The molecular formula is C17H16ClF2N5O. The molecule has 0 bridgehead atoms. The molecule has 0 radical (unpaired) electrons. The third-order valence-corrected chi connectivity index (χ3v) is 3.58. The second-order valence-corrected chi connectivity index (χ2v) is 6.19. The summed E-state index contributed by atoms with van der Waals surface area (Å²) >= 11 is 5.87. The highest BCUT2D eigenvalue weighted by molar-refractivity contribution is 6.30. The Bertz CT molecular complexity index is 876. The second kappa shape index (κ2) is 7.25. The van der Waals surface area contributed by atoms with Crippen LogP contribution in [0.2, 0.25) is 5.02 Å². The number of aryl methyl sites for hydroxylation is 1. The molecule has 3 aromatic rings. The van der Waals surface area contributed by atoms with Gasteiger partial charge in [0.05, 0.1) is 0 Å². The first kappa shape index (κ1) is 18.1. The van der Waals surface area contributed by atoms with E-state index < -0.39 is 12.5 Å². The van der Waals surface area contributed by atoms with Crippen molar-refractivity contribution < 1.29 is 13.5 Å². The molecule has 0 saturated carbocycles. The van der Waals surface area contributed by atoms with Gasteiger partial charge in [0.15, 0.2) is 12.4 Å². The number of aromatic nitrogens is 4. The molecule has 0 spiro atoms.